The molecule has 0 aliphatic carbocycles. The van der Waals surface area contributed by atoms with Crippen LogP contribution in [0.1, 0.15) is 12.8 Å². The van der Waals surface area contributed by atoms with Crippen LogP contribution < -0.4 is 10.2 Å². The minimum absolute atomic E-state index is 0.0163. The molecule has 0 unspecified atom stereocenters. The molecule has 2 aliphatic heterocycles. The van der Waals surface area contributed by atoms with E-state index in [1.54, 1.807) is 0 Å². The van der Waals surface area contributed by atoms with E-state index < -0.39 is 0 Å². The lowest BCUT2D eigenvalue weighted by Crippen LogP contribution is -2.44. The highest BCUT2D eigenvalue weighted by Crippen LogP contribution is 2.41. The fraction of sp³-hybridized carbons (Fsp3) is 0.364. The van der Waals surface area contributed by atoms with Gasteiger partial charge < -0.3 is 10.2 Å². The van der Waals surface area contributed by atoms with Crippen LogP contribution in [-0.2, 0) is 4.79 Å². The van der Waals surface area contributed by atoms with Gasteiger partial charge in [0.15, 0.2) is 0 Å². The van der Waals surface area contributed by atoms with E-state index in [4.69, 9.17) is 11.6 Å². The lowest BCUT2D eigenvalue weighted by molar-refractivity contribution is -0.117. The van der Waals surface area contributed by atoms with Gasteiger partial charge in [-0.2, -0.15) is 0 Å². The summed E-state index contributed by atoms with van der Waals surface area (Å²) >= 11 is 6.16. The number of fused-ring (bicyclic) bond motifs is 3. The summed E-state index contributed by atoms with van der Waals surface area (Å²) in [6.07, 6.45) is 1.99. The summed E-state index contributed by atoms with van der Waals surface area (Å²) in [6, 6.07) is 5.61. The Kier molecular flexibility index (Phi) is 1.89. The third-order valence-corrected chi connectivity index (χ3v) is 3.39. The fourth-order valence-electron chi connectivity index (χ4n) is 2.43. The Labute approximate surface area is 93.0 Å². The Balaban J connectivity index is 2.16. The first kappa shape index (κ1) is 9.04. The quantitative estimate of drug-likeness (QED) is 0.730. The summed E-state index contributed by atoms with van der Waals surface area (Å²) in [5, 5.41) is 3.63. The molecule has 1 fully saturated rings. The molecule has 4 heteroatoms. The van der Waals surface area contributed by atoms with Gasteiger partial charge >= 0.3 is 0 Å². The zero-order valence-electron chi connectivity index (χ0n) is 8.16. The molecule has 15 heavy (non-hydrogen) atoms. The number of para-hydroxylation sites is 1. The van der Waals surface area contributed by atoms with Crippen LogP contribution in [0.4, 0.5) is 11.4 Å². The zero-order chi connectivity index (χ0) is 10.4. The van der Waals surface area contributed by atoms with E-state index in [0.29, 0.717) is 0 Å². The van der Waals surface area contributed by atoms with Crippen molar-refractivity contribution in [1.82, 2.24) is 0 Å². The molecule has 0 spiro atoms. The van der Waals surface area contributed by atoms with Gasteiger partial charge in [-0.15, -0.1) is 0 Å². The maximum Gasteiger partial charge on any atom is 0.247 e. The molecule has 1 N–H and O–H groups in total. The van der Waals surface area contributed by atoms with Gasteiger partial charge in [0.2, 0.25) is 5.91 Å². The highest BCUT2D eigenvalue weighted by molar-refractivity contribution is 6.34. The maximum atomic E-state index is 11.8. The predicted octanol–water partition coefficient (Wildman–Crippen LogP) is 2.26. The smallest absolute Gasteiger partial charge is 0.247 e. The number of nitrogens with zero attached hydrogens (tertiary/aromatic N) is 1. The van der Waals surface area contributed by atoms with Crippen molar-refractivity contribution in [1.29, 1.82) is 0 Å². The number of carbonyl (C=O) groups is 1. The molecular formula is C11H11ClN2O. The van der Waals surface area contributed by atoms with Crippen LogP contribution in [0.5, 0.6) is 0 Å². The van der Waals surface area contributed by atoms with E-state index >= 15 is 0 Å². The van der Waals surface area contributed by atoms with Crippen molar-refractivity contribution in [2.45, 2.75) is 18.9 Å². The highest BCUT2D eigenvalue weighted by atomic mass is 35.5. The Morgan fingerprint density at radius 2 is 2.33 bits per heavy atom. The summed E-state index contributed by atoms with van der Waals surface area (Å²) < 4.78 is 0. The summed E-state index contributed by atoms with van der Waals surface area (Å²) in [5.74, 6) is 0.0993. The monoisotopic (exact) mass is 222 g/mol. The number of carbonyl (C=O) groups excluding carboxylic acids is 1. The topological polar surface area (TPSA) is 32.3 Å². The molecule has 2 heterocycles. The van der Waals surface area contributed by atoms with Gasteiger partial charge in [-0.3, -0.25) is 4.79 Å². The first-order valence-electron chi connectivity index (χ1n) is 5.13. The maximum absolute atomic E-state index is 11.8. The van der Waals surface area contributed by atoms with Gasteiger partial charge in [-0.05, 0) is 25.0 Å². The lowest BCUT2D eigenvalue weighted by atomic mass is 10.1. The van der Waals surface area contributed by atoms with Crippen LogP contribution in [-0.4, -0.2) is 18.5 Å². The van der Waals surface area contributed by atoms with Crippen LogP contribution in [0.15, 0.2) is 18.2 Å². The van der Waals surface area contributed by atoms with Crippen molar-refractivity contribution in [2.75, 3.05) is 16.8 Å². The number of benzene rings is 1. The molecule has 1 saturated heterocycles. The third kappa shape index (κ3) is 1.23. The van der Waals surface area contributed by atoms with E-state index in [2.05, 4.69) is 10.2 Å². The Morgan fingerprint density at radius 3 is 3.20 bits per heavy atom. The molecule has 1 aromatic rings. The first-order valence-corrected chi connectivity index (χ1v) is 5.51. The number of hydrogen-bond acceptors (Lipinski definition) is 2. The molecule has 1 amide bonds. The first-order chi connectivity index (χ1) is 7.27. The van der Waals surface area contributed by atoms with E-state index in [-0.39, 0.29) is 11.9 Å². The normalized spacial score (nSPS) is 23.4. The molecule has 0 bridgehead atoms. The van der Waals surface area contributed by atoms with Gasteiger partial charge in [0.05, 0.1) is 16.4 Å². The largest absolute Gasteiger partial charge is 0.357 e. The number of anilines is 2. The van der Waals surface area contributed by atoms with E-state index in [1.807, 2.05) is 18.2 Å². The van der Waals surface area contributed by atoms with E-state index in [0.717, 1.165) is 35.8 Å². The van der Waals surface area contributed by atoms with Crippen molar-refractivity contribution < 1.29 is 4.79 Å². The summed E-state index contributed by atoms with van der Waals surface area (Å²) in [4.78, 5) is 13.9. The standard InChI is InChI=1S/C11H11ClN2O/c12-7-3-1-4-8-10(7)14-6-2-5-9(14)11(15)13-8/h1,3-4,9H,2,5-6H2,(H,13,15)/t9-/m0/s1. The van der Waals surface area contributed by atoms with Gasteiger partial charge in [0.25, 0.3) is 0 Å². The van der Waals surface area contributed by atoms with Crippen molar-refractivity contribution >= 4 is 28.9 Å². The van der Waals surface area contributed by atoms with Crippen molar-refractivity contribution in [2.24, 2.45) is 0 Å². The SMILES string of the molecule is O=C1Nc2cccc(Cl)c2N2CCC[C@@H]12. The van der Waals surface area contributed by atoms with Crippen molar-refractivity contribution in [3.8, 4) is 0 Å². The van der Waals surface area contributed by atoms with Crippen LogP contribution in [0.25, 0.3) is 0 Å². The number of halogens is 1. The number of hydrogen-bond donors (Lipinski definition) is 1. The molecule has 2 aliphatic rings. The molecule has 0 saturated carbocycles. The number of amides is 1. The second-order valence-electron chi connectivity index (χ2n) is 3.98. The highest BCUT2D eigenvalue weighted by Gasteiger charge is 2.37. The van der Waals surface area contributed by atoms with E-state index in [1.165, 1.54) is 0 Å². The molecule has 3 rings (SSSR count). The van der Waals surface area contributed by atoms with Crippen molar-refractivity contribution in [3.05, 3.63) is 23.2 Å². The van der Waals surface area contributed by atoms with Crippen LogP contribution in [0.2, 0.25) is 5.02 Å². The van der Waals surface area contributed by atoms with Crippen LogP contribution >= 0.6 is 11.6 Å². The summed E-state index contributed by atoms with van der Waals surface area (Å²) in [7, 11) is 0. The molecule has 1 atom stereocenters. The Morgan fingerprint density at radius 1 is 1.47 bits per heavy atom. The second kappa shape index (κ2) is 3.14. The summed E-state index contributed by atoms with van der Waals surface area (Å²) in [5.41, 5.74) is 1.83. The average molecular weight is 223 g/mol. The minimum atomic E-state index is -0.0163. The number of nitrogens with one attached hydrogen (secondary N) is 1. The van der Waals surface area contributed by atoms with Gasteiger partial charge in [-0.1, -0.05) is 17.7 Å². The zero-order valence-corrected chi connectivity index (χ0v) is 8.92. The second-order valence-corrected chi connectivity index (χ2v) is 4.38. The van der Waals surface area contributed by atoms with Gasteiger partial charge in [0, 0.05) is 6.54 Å². The van der Waals surface area contributed by atoms with E-state index in [9.17, 15) is 4.79 Å². The summed E-state index contributed by atoms with van der Waals surface area (Å²) in [6.45, 7) is 0.925. The molecule has 78 valence electrons. The van der Waals surface area contributed by atoms with Crippen LogP contribution in [0, 0.1) is 0 Å². The molecule has 1 aromatic carbocycles. The average Bonchev–Trinajstić information content (AvgIpc) is 2.66. The molecular weight excluding hydrogens is 212 g/mol. The van der Waals surface area contributed by atoms with Crippen LogP contribution in [0.3, 0.4) is 0 Å². The lowest BCUT2D eigenvalue weighted by Gasteiger charge is -2.33. The Hall–Kier alpha value is -1.22. The molecule has 3 nitrogen and oxygen atoms in total. The molecule has 0 aromatic heterocycles. The van der Waals surface area contributed by atoms with Crippen molar-refractivity contribution in [3.63, 3.8) is 0 Å². The van der Waals surface area contributed by atoms with Gasteiger partial charge in [-0.25, -0.2) is 0 Å². The fourth-order valence-corrected chi connectivity index (χ4v) is 2.71. The molecule has 0 radical (unpaired) electrons. The predicted molar refractivity (Wildman–Crippen MR) is 60.4 cm³/mol. The third-order valence-electron chi connectivity index (χ3n) is 3.09. The number of rotatable bonds is 0. The van der Waals surface area contributed by atoms with Gasteiger partial charge in [0.1, 0.15) is 6.04 Å². The minimum Gasteiger partial charge on any atom is -0.357 e. The Bertz CT molecular complexity index is 433.